The number of aromatic nitrogens is 1. The summed E-state index contributed by atoms with van der Waals surface area (Å²) < 4.78 is 23.7. The first-order chi connectivity index (χ1) is 28.8. The molecule has 5 aliphatic heterocycles. The number of aromatic amines is 1. The van der Waals surface area contributed by atoms with Crippen LogP contribution in [-0.4, -0.2) is 134 Å². The number of para-hydroxylation sites is 1. The molecule has 1 aromatic heterocycles. The molecule has 10 atom stereocenters. The Kier molecular flexibility index (Phi) is 9.58. The van der Waals surface area contributed by atoms with Crippen LogP contribution in [0.25, 0.3) is 10.9 Å². The second kappa shape index (κ2) is 14.1. The van der Waals surface area contributed by atoms with Crippen molar-refractivity contribution in [2.45, 2.75) is 87.5 Å². The number of aliphatic hydroxyl groups is 2. The van der Waals surface area contributed by atoms with Gasteiger partial charge in [0.25, 0.3) is 0 Å². The van der Waals surface area contributed by atoms with Crippen LogP contribution in [0.3, 0.4) is 0 Å². The first kappa shape index (κ1) is 40.6. The zero-order valence-electron chi connectivity index (χ0n) is 35.3. The monoisotopic (exact) mass is 824 g/mol. The van der Waals surface area contributed by atoms with Crippen LogP contribution in [0.15, 0.2) is 48.6 Å². The van der Waals surface area contributed by atoms with E-state index in [0.717, 1.165) is 29.6 Å². The molecular weight excluding hydrogens is 769 g/mol. The number of H-pyrrole nitrogens is 1. The van der Waals surface area contributed by atoms with Crippen molar-refractivity contribution in [3.63, 3.8) is 0 Å². The smallest absolute Gasteiger partial charge is 0.344 e. The maximum Gasteiger partial charge on any atom is 0.344 e. The fourth-order valence-corrected chi connectivity index (χ4v) is 13.5. The minimum atomic E-state index is -2.53. The van der Waals surface area contributed by atoms with E-state index in [0.29, 0.717) is 86.4 Å². The van der Waals surface area contributed by atoms with Crippen LogP contribution in [0, 0.1) is 16.7 Å². The van der Waals surface area contributed by atoms with Crippen molar-refractivity contribution < 1.29 is 48.3 Å². The van der Waals surface area contributed by atoms with Crippen LogP contribution in [0.4, 0.5) is 5.69 Å². The molecule has 6 aliphatic rings. The summed E-state index contributed by atoms with van der Waals surface area (Å²) in [6, 6.07) is 10.0. The number of amides is 1. The summed E-state index contributed by atoms with van der Waals surface area (Å²) >= 11 is 0. The van der Waals surface area contributed by atoms with E-state index in [2.05, 4.69) is 27.8 Å². The summed E-state index contributed by atoms with van der Waals surface area (Å²) in [5.74, 6) is -1.94. The van der Waals surface area contributed by atoms with E-state index in [-0.39, 0.29) is 12.5 Å². The van der Waals surface area contributed by atoms with Crippen molar-refractivity contribution in [3.05, 3.63) is 70.9 Å². The number of nitrogens with zero attached hydrogens (tertiary/aromatic N) is 3. The van der Waals surface area contributed by atoms with E-state index in [9.17, 15) is 24.6 Å². The number of esters is 3. The highest BCUT2D eigenvalue weighted by Crippen LogP contribution is 2.68. The number of rotatable bonds is 8. The maximum atomic E-state index is 15.3. The quantitative estimate of drug-likeness (QED) is 0.131. The van der Waals surface area contributed by atoms with Crippen molar-refractivity contribution in [3.8, 4) is 5.75 Å². The number of hydrogen-bond donors (Lipinski definition) is 3. The molecule has 1 aliphatic carbocycles. The van der Waals surface area contributed by atoms with Gasteiger partial charge >= 0.3 is 17.9 Å². The van der Waals surface area contributed by atoms with Crippen LogP contribution in [0.5, 0.6) is 5.75 Å². The number of aliphatic hydroxyl groups excluding tert-OH is 1. The summed E-state index contributed by atoms with van der Waals surface area (Å²) in [6.45, 7) is 8.56. The SMILES string of the molecule is CC[C@]12C=CCN3CC[C@@]4(c5cc([C@@]6(C(=O)OC)C[C@@H]7CN(CCc8c6[nH]c6ccccc86)C[C@](C)(CO)C7)c(OC)cc5N(C=O)[C@H]4[C@@](O)(C(=O)OC)[C@@H]1OC(C)=O)[C@@H]32. The molecule has 2 aromatic carbocycles. The van der Waals surface area contributed by atoms with Crippen LogP contribution >= 0.6 is 0 Å². The molecule has 2 bridgehead atoms. The number of carbonyl (C=O) groups excluding carboxylic acids is 4. The average molecular weight is 825 g/mol. The Morgan fingerprint density at radius 2 is 1.78 bits per heavy atom. The molecule has 14 nitrogen and oxygen atoms in total. The van der Waals surface area contributed by atoms with E-state index < -0.39 is 63.4 Å². The first-order valence-electron chi connectivity index (χ1n) is 21.1. The Labute approximate surface area is 349 Å². The zero-order valence-corrected chi connectivity index (χ0v) is 35.3. The number of anilines is 1. The van der Waals surface area contributed by atoms with E-state index in [1.165, 1.54) is 33.2 Å². The van der Waals surface area contributed by atoms with Gasteiger partial charge in [0, 0.05) is 90.2 Å². The normalized spacial score (nSPS) is 36.5. The molecule has 9 rings (SSSR count). The van der Waals surface area contributed by atoms with Gasteiger partial charge in [0.05, 0.1) is 33.1 Å². The van der Waals surface area contributed by atoms with Gasteiger partial charge in [-0.3, -0.25) is 19.3 Å². The highest BCUT2D eigenvalue weighted by Gasteiger charge is 2.81. The highest BCUT2D eigenvalue weighted by molar-refractivity contribution is 5.96. The Bertz CT molecular complexity index is 2310. The lowest BCUT2D eigenvalue weighted by Crippen LogP contribution is -2.81. The second-order valence-electron chi connectivity index (χ2n) is 18.5. The third-order valence-corrected chi connectivity index (χ3v) is 15.4. The van der Waals surface area contributed by atoms with Crippen LogP contribution in [-0.2, 0) is 50.6 Å². The van der Waals surface area contributed by atoms with Gasteiger partial charge in [-0.1, -0.05) is 44.2 Å². The molecule has 3 fully saturated rings. The Hall–Kier alpha value is -4.76. The Morgan fingerprint density at radius 1 is 1.02 bits per heavy atom. The molecule has 1 saturated carbocycles. The predicted molar refractivity (Wildman–Crippen MR) is 221 cm³/mol. The molecule has 6 heterocycles. The molecule has 0 radical (unpaired) electrons. The maximum absolute atomic E-state index is 15.3. The van der Waals surface area contributed by atoms with Crippen LogP contribution in [0.2, 0.25) is 0 Å². The number of methoxy groups -OCH3 is 3. The minimum Gasteiger partial charge on any atom is -0.496 e. The Balaban J connectivity index is 1.38. The van der Waals surface area contributed by atoms with Gasteiger partial charge in [-0.2, -0.15) is 0 Å². The molecule has 1 unspecified atom stereocenters. The number of piperidine rings is 1. The Morgan fingerprint density at radius 3 is 2.47 bits per heavy atom. The molecule has 320 valence electrons. The molecule has 1 spiro atoms. The predicted octanol–water partition coefficient (Wildman–Crippen LogP) is 3.38. The molecular formula is C46H56N4O10. The third kappa shape index (κ3) is 5.19. The van der Waals surface area contributed by atoms with Gasteiger partial charge in [-0.05, 0) is 67.8 Å². The topological polar surface area (TPSA) is 171 Å². The van der Waals surface area contributed by atoms with Gasteiger partial charge in [0.2, 0.25) is 12.0 Å². The van der Waals surface area contributed by atoms with E-state index in [1.54, 1.807) is 6.07 Å². The molecule has 3 aromatic rings. The summed E-state index contributed by atoms with van der Waals surface area (Å²) in [6.07, 6.45) is 5.58. The van der Waals surface area contributed by atoms with Gasteiger partial charge < -0.3 is 43.9 Å². The summed E-state index contributed by atoms with van der Waals surface area (Å²) in [5.41, 5.74) is -2.47. The standard InChI is InChI=1S/C46H56N4O10/c1-7-43-14-10-16-49-18-15-44(37(43)49)31-19-32(35(57-4)20-34(31)50(26-52)38(44)46(56,41(55)59-6)39(43)60-27(2)53)45(40(54)58-5)22-28-21-42(3,25-51)24-48(23-28)17-13-30-29-11-8-9-12-33(29)47-36(30)45/h8-12,14,19-20,26,28,37-39,47,51,56H,7,13,15-18,21-25H2,1-6H3/t28-,37+,38-,39-,42-,43-,44-,45+,46+/m1/s1. The zero-order chi connectivity index (χ0) is 42.6. The first-order valence-corrected chi connectivity index (χ1v) is 21.1. The summed E-state index contributed by atoms with van der Waals surface area (Å²) in [4.78, 5) is 66.3. The number of carbonyl (C=O) groups is 4. The third-order valence-electron chi connectivity index (χ3n) is 15.4. The average Bonchev–Trinajstić information content (AvgIpc) is 3.92. The highest BCUT2D eigenvalue weighted by atomic mass is 16.6. The van der Waals surface area contributed by atoms with Crippen LogP contribution in [0.1, 0.15) is 68.8 Å². The van der Waals surface area contributed by atoms with E-state index in [1.807, 2.05) is 43.3 Å². The van der Waals surface area contributed by atoms with E-state index in [4.69, 9.17) is 18.9 Å². The van der Waals surface area contributed by atoms with Crippen molar-refractivity contribution in [2.24, 2.45) is 16.7 Å². The number of fused-ring (bicyclic) bond motifs is 6. The lowest BCUT2D eigenvalue weighted by Gasteiger charge is -2.63. The minimum absolute atomic E-state index is 0.00396. The number of benzene rings is 2. The van der Waals surface area contributed by atoms with Gasteiger partial charge in [0.1, 0.15) is 11.2 Å². The van der Waals surface area contributed by atoms with Gasteiger partial charge in [0.15, 0.2) is 6.10 Å². The van der Waals surface area contributed by atoms with Gasteiger partial charge in [-0.25, -0.2) is 4.79 Å². The van der Waals surface area contributed by atoms with Crippen molar-refractivity contribution in [1.29, 1.82) is 0 Å². The van der Waals surface area contributed by atoms with Crippen molar-refractivity contribution >= 4 is 40.9 Å². The number of nitrogens with one attached hydrogen (secondary N) is 1. The summed E-state index contributed by atoms with van der Waals surface area (Å²) in [7, 11) is 4.11. The fourth-order valence-electron chi connectivity index (χ4n) is 13.5. The molecule has 3 N–H and O–H groups in total. The lowest BCUT2D eigenvalue weighted by molar-refractivity contribution is -0.228. The number of ether oxygens (including phenoxy) is 4. The van der Waals surface area contributed by atoms with Crippen molar-refractivity contribution in [2.75, 3.05) is 65.6 Å². The van der Waals surface area contributed by atoms with Crippen molar-refractivity contribution in [1.82, 2.24) is 14.8 Å². The van der Waals surface area contributed by atoms with Gasteiger partial charge in [-0.15, -0.1) is 0 Å². The summed E-state index contributed by atoms with van der Waals surface area (Å²) in [5, 5.41) is 25.1. The largest absolute Gasteiger partial charge is 0.496 e. The number of hydrogen-bond acceptors (Lipinski definition) is 12. The van der Waals surface area contributed by atoms with E-state index >= 15 is 4.79 Å². The molecule has 1 amide bonds. The lowest BCUT2D eigenvalue weighted by atomic mass is 9.47. The fraction of sp³-hybridized carbons (Fsp3) is 0.565. The van der Waals surface area contributed by atoms with Crippen LogP contribution < -0.4 is 9.64 Å². The second-order valence-corrected chi connectivity index (χ2v) is 18.5. The molecule has 60 heavy (non-hydrogen) atoms. The molecule has 14 heteroatoms. The molecule has 2 saturated heterocycles.